The van der Waals surface area contributed by atoms with Crippen molar-refractivity contribution in [2.75, 3.05) is 18.7 Å². The normalized spacial score (nSPS) is 30.6. The number of halogens is 1. The average Bonchev–Trinajstić information content (AvgIpc) is 3.27. The summed E-state index contributed by atoms with van der Waals surface area (Å²) in [4.78, 5) is 14.4. The monoisotopic (exact) mass is 524 g/mol. The molecular weight excluding hydrogens is 492 g/mol. The van der Waals surface area contributed by atoms with E-state index in [0.717, 1.165) is 28.9 Å². The van der Waals surface area contributed by atoms with Crippen LogP contribution in [0.25, 0.3) is 0 Å². The van der Waals surface area contributed by atoms with Crippen molar-refractivity contribution >= 4 is 29.3 Å². The molecular formula is C30H33ClO4S. The number of fused-ring (bicyclic) bond motifs is 3. The van der Waals surface area contributed by atoms with Gasteiger partial charge in [-0.25, -0.2) is 4.79 Å². The molecule has 4 nitrogen and oxygen atoms in total. The van der Waals surface area contributed by atoms with Gasteiger partial charge in [-0.1, -0.05) is 51.1 Å². The molecule has 36 heavy (non-hydrogen) atoms. The highest BCUT2D eigenvalue weighted by Gasteiger charge is 2.72. The molecule has 0 unspecified atom stereocenters. The summed E-state index contributed by atoms with van der Waals surface area (Å²) < 4.78 is 18.5. The molecule has 0 N–H and O–H groups in total. The van der Waals surface area contributed by atoms with Gasteiger partial charge in [-0.15, -0.1) is 23.4 Å². The summed E-state index contributed by atoms with van der Waals surface area (Å²) in [5.74, 6) is 0.409. The summed E-state index contributed by atoms with van der Waals surface area (Å²) in [6.07, 6.45) is 2.60. The third-order valence-corrected chi connectivity index (χ3v) is 9.70. The molecule has 0 bridgehead atoms. The van der Waals surface area contributed by atoms with Gasteiger partial charge in [0.2, 0.25) is 0 Å². The first-order valence-electron chi connectivity index (χ1n) is 12.9. The van der Waals surface area contributed by atoms with Crippen molar-refractivity contribution in [2.45, 2.75) is 74.3 Å². The third-order valence-electron chi connectivity index (χ3n) is 8.29. The number of carbonyl (C=O) groups excluding carboxylic acids is 1. The molecule has 2 aliphatic heterocycles. The lowest BCUT2D eigenvalue weighted by atomic mass is 9.71. The molecule has 190 valence electrons. The molecule has 2 aromatic rings. The number of alkyl halides is 1. The molecule has 4 aliphatic rings. The summed E-state index contributed by atoms with van der Waals surface area (Å²) in [5, 5.41) is 0. The lowest BCUT2D eigenvalue weighted by Gasteiger charge is -2.32. The van der Waals surface area contributed by atoms with Crippen LogP contribution >= 0.6 is 23.4 Å². The first-order chi connectivity index (χ1) is 17.3. The number of rotatable bonds is 6. The maximum Gasteiger partial charge on any atom is 0.335 e. The largest absolute Gasteiger partial charge is 0.453 e. The van der Waals surface area contributed by atoms with Crippen LogP contribution in [0.15, 0.2) is 58.5 Å². The lowest BCUT2D eigenvalue weighted by Crippen LogP contribution is -2.42. The second-order valence-corrected chi connectivity index (χ2v) is 12.8. The molecule has 5 atom stereocenters. The number of carbonyl (C=O) groups is 1. The zero-order valence-corrected chi connectivity index (χ0v) is 22.9. The number of aryl methyl sites for hydroxylation is 2. The number of thioether (sulfide) groups is 1. The van der Waals surface area contributed by atoms with Crippen LogP contribution in [0.3, 0.4) is 0 Å². The van der Waals surface area contributed by atoms with Crippen molar-refractivity contribution in [3.05, 3.63) is 75.9 Å². The molecule has 0 saturated carbocycles. The first kappa shape index (κ1) is 24.5. The van der Waals surface area contributed by atoms with E-state index in [-0.39, 0.29) is 35.6 Å². The average molecular weight is 525 g/mol. The zero-order chi connectivity index (χ0) is 25.2. The quantitative estimate of drug-likeness (QED) is 0.202. The van der Waals surface area contributed by atoms with Gasteiger partial charge in [0.15, 0.2) is 0 Å². The highest BCUT2D eigenvalue weighted by atomic mass is 35.5. The van der Waals surface area contributed by atoms with Crippen molar-refractivity contribution in [1.82, 2.24) is 0 Å². The molecule has 0 amide bonds. The van der Waals surface area contributed by atoms with Crippen molar-refractivity contribution in [1.29, 1.82) is 0 Å². The highest BCUT2D eigenvalue weighted by Crippen LogP contribution is 2.63. The number of ether oxygens (including phenoxy) is 3. The smallest absolute Gasteiger partial charge is 0.335 e. The molecule has 1 fully saturated rings. The van der Waals surface area contributed by atoms with Crippen LogP contribution in [0.4, 0.5) is 0 Å². The molecule has 2 aliphatic carbocycles. The Morgan fingerprint density at radius 1 is 1.11 bits per heavy atom. The highest BCUT2D eigenvalue weighted by molar-refractivity contribution is 7.99. The van der Waals surface area contributed by atoms with Crippen LogP contribution in [-0.2, 0) is 42.9 Å². The Morgan fingerprint density at radius 3 is 2.56 bits per heavy atom. The predicted molar refractivity (Wildman–Crippen MR) is 143 cm³/mol. The van der Waals surface area contributed by atoms with E-state index in [1.165, 1.54) is 23.1 Å². The second-order valence-electron chi connectivity index (χ2n) is 11.4. The molecule has 2 aromatic carbocycles. The van der Waals surface area contributed by atoms with Crippen molar-refractivity contribution in [3.63, 3.8) is 0 Å². The maximum atomic E-state index is 13.3. The summed E-state index contributed by atoms with van der Waals surface area (Å²) in [6, 6.07) is 15.4. The van der Waals surface area contributed by atoms with Crippen LogP contribution in [-0.4, -0.2) is 43.0 Å². The van der Waals surface area contributed by atoms with E-state index >= 15 is 0 Å². The predicted octanol–water partition coefficient (Wildman–Crippen LogP) is 5.96. The number of esters is 1. The number of cyclic esters (lactones) is 1. The summed E-state index contributed by atoms with van der Waals surface area (Å²) in [7, 11) is 1.68. The van der Waals surface area contributed by atoms with Crippen LogP contribution in [0, 0.1) is 5.92 Å². The van der Waals surface area contributed by atoms with E-state index in [9.17, 15) is 4.79 Å². The van der Waals surface area contributed by atoms with Gasteiger partial charge >= 0.3 is 5.97 Å². The number of epoxide rings is 1. The fourth-order valence-electron chi connectivity index (χ4n) is 6.37. The van der Waals surface area contributed by atoms with Crippen LogP contribution < -0.4 is 0 Å². The Kier molecular flexibility index (Phi) is 6.07. The zero-order valence-electron chi connectivity index (χ0n) is 21.3. The minimum absolute atomic E-state index is 0.112. The molecule has 0 radical (unpaired) electrons. The van der Waals surface area contributed by atoms with Gasteiger partial charge in [0.05, 0.1) is 11.7 Å². The number of hydrogen-bond donors (Lipinski definition) is 0. The molecule has 0 aromatic heterocycles. The van der Waals surface area contributed by atoms with Crippen LogP contribution in [0.1, 0.15) is 49.4 Å². The first-order valence-corrected chi connectivity index (χ1v) is 14.4. The van der Waals surface area contributed by atoms with E-state index < -0.39 is 5.60 Å². The minimum Gasteiger partial charge on any atom is -0.453 e. The number of hydrogen-bond acceptors (Lipinski definition) is 5. The molecule has 6 heteroatoms. The van der Waals surface area contributed by atoms with E-state index in [2.05, 4.69) is 63.2 Å². The van der Waals surface area contributed by atoms with Crippen LogP contribution in [0.2, 0.25) is 0 Å². The fourth-order valence-corrected chi connectivity index (χ4v) is 7.60. The van der Waals surface area contributed by atoms with Gasteiger partial charge in [0.1, 0.15) is 17.8 Å². The van der Waals surface area contributed by atoms with Gasteiger partial charge in [-0.3, -0.25) is 0 Å². The van der Waals surface area contributed by atoms with Crippen molar-refractivity contribution in [3.8, 4) is 0 Å². The van der Waals surface area contributed by atoms with Gasteiger partial charge in [-0.2, -0.15) is 0 Å². The van der Waals surface area contributed by atoms with E-state index in [0.29, 0.717) is 17.2 Å². The molecule has 2 heterocycles. The van der Waals surface area contributed by atoms with E-state index in [1.54, 1.807) is 18.9 Å². The SMILES string of the molecule is CO[C@@H]1[C@H](CCl)C2=C([C@@H](CSc3ccc(C(C)(C)C)cc3)OC2=O)[C@]2(c3ccc4c(c3)CCC4)O[C@H]12. The standard InChI is InChI=1S/C30H33ClO4S/c1-29(2,3)19-10-12-21(13-11-19)36-16-23-25-24(28(32)34-23)22(15-31)26(33-4)27-30(25,35-27)20-9-8-17-6-5-7-18(17)14-20/h8-14,22-23,26-27H,5-7,15-16H2,1-4H3/t22-,23-,26-,27-,30+/m1/s1. The minimum atomic E-state index is -0.677. The second kappa shape index (κ2) is 8.90. The topological polar surface area (TPSA) is 48.1 Å². The van der Waals surface area contributed by atoms with Crippen molar-refractivity contribution < 1.29 is 19.0 Å². The Bertz CT molecular complexity index is 1230. The Labute approximate surface area is 222 Å². The number of benzene rings is 2. The van der Waals surface area contributed by atoms with Crippen molar-refractivity contribution in [2.24, 2.45) is 5.92 Å². The lowest BCUT2D eigenvalue weighted by molar-refractivity contribution is -0.139. The summed E-state index contributed by atoms with van der Waals surface area (Å²) in [6.45, 7) is 6.65. The van der Waals surface area contributed by atoms with Gasteiger partial charge in [0, 0.05) is 35.1 Å². The Morgan fingerprint density at radius 2 is 1.86 bits per heavy atom. The van der Waals surface area contributed by atoms with E-state index in [4.69, 9.17) is 25.8 Å². The summed E-state index contributed by atoms with van der Waals surface area (Å²) in [5.41, 5.74) is 6.29. The molecule has 1 saturated heterocycles. The summed E-state index contributed by atoms with van der Waals surface area (Å²) >= 11 is 8.14. The van der Waals surface area contributed by atoms with Gasteiger partial charge < -0.3 is 14.2 Å². The molecule has 0 spiro atoms. The Balaban J connectivity index is 1.35. The van der Waals surface area contributed by atoms with Gasteiger partial charge in [-0.05, 0) is 59.1 Å². The Hall–Kier alpha value is -1.79. The maximum absolute atomic E-state index is 13.3. The fraction of sp³-hybridized carbons (Fsp3) is 0.500. The third kappa shape index (κ3) is 3.77. The van der Waals surface area contributed by atoms with Gasteiger partial charge in [0.25, 0.3) is 0 Å². The number of methoxy groups -OCH3 is 1. The van der Waals surface area contributed by atoms with Crippen LogP contribution in [0.5, 0.6) is 0 Å². The van der Waals surface area contributed by atoms with E-state index in [1.807, 2.05) is 0 Å². The molecule has 6 rings (SSSR count).